The first-order valence-electron chi connectivity index (χ1n) is 11.0. The molecule has 0 spiro atoms. The summed E-state index contributed by atoms with van der Waals surface area (Å²) in [5.74, 6) is 3.26. The van der Waals surface area contributed by atoms with Gasteiger partial charge in [-0.3, -0.25) is 4.79 Å². The van der Waals surface area contributed by atoms with E-state index in [1.807, 2.05) is 6.08 Å². The molecule has 2 unspecified atom stereocenters. The largest absolute Gasteiger partial charge is 0.353 e. The molecule has 146 valence electrons. The maximum atomic E-state index is 11.8. The lowest BCUT2D eigenvalue weighted by Crippen LogP contribution is -2.51. The molecule has 1 aliphatic heterocycles. The van der Waals surface area contributed by atoms with Gasteiger partial charge < -0.3 is 9.47 Å². The van der Waals surface area contributed by atoms with E-state index >= 15 is 0 Å². The fourth-order valence-electron chi connectivity index (χ4n) is 6.47. The predicted octanol–water partition coefficient (Wildman–Crippen LogP) is 5.29. The second-order valence-electron chi connectivity index (χ2n) is 9.60. The molecule has 0 amide bonds. The second-order valence-corrected chi connectivity index (χ2v) is 9.60. The van der Waals surface area contributed by atoms with E-state index in [9.17, 15) is 4.79 Å². The first-order valence-corrected chi connectivity index (χ1v) is 11.0. The van der Waals surface area contributed by atoms with Crippen LogP contribution in [0.1, 0.15) is 78.6 Å². The van der Waals surface area contributed by atoms with Gasteiger partial charge in [0.15, 0.2) is 12.1 Å². The Morgan fingerprint density at radius 1 is 1.15 bits per heavy atom. The fraction of sp³-hybridized carbons (Fsp3) is 0.870. The normalized spacial score (nSPS) is 44.7. The van der Waals surface area contributed by atoms with Crippen LogP contribution in [0.2, 0.25) is 0 Å². The van der Waals surface area contributed by atoms with Crippen molar-refractivity contribution in [1.82, 2.24) is 0 Å². The summed E-state index contributed by atoms with van der Waals surface area (Å²) < 4.78 is 12.3. The monoisotopic (exact) mass is 360 g/mol. The van der Waals surface area contributed by atoms with E-state index in [0.717, 1.165) is 44.1 Å². The molecular formula is C23H36O3. The van der Waals surface area contributed by atoms with Gasteiger partial charge in [-0.2, -0.15) is 0 Å². The Balaban J connectivity index is 1.46. The molecule has 0 aromatic heterocycles. The summed E-state index contributed by atoms with van der Waals surface area (Å²) in [4.78, 5) is 11.8. The van der Waals surface area contributed by atoms with Crippen LogP contribution in [0.3, 0.4) is 0 Å². The molecule has 0 aromatic rings. The highest BCUT2D eigenvalue weighted by Crippen LogP contribution is 2.57. The fourth-order valence-corrected chi connectivity index (χ4v) is 6.47. The van der Waals surface area contributed by atoms with Crippen molar-refractivity contribution >= 4 is 5.78 Å². The summed E-state index contributed by atoms with van der Waals surface area (Å²) in [5.41, 5.74) is 1.70. The molecule has 7 atom stereocenters. The number of carbonyl (C=O) groups is 1. The average molecular weight is 361 g/mol. The van der Waals surface area contributed by atoms with E-state index in [0.29, 0.717) is 17.6 Å². The molecule has 3 aliphatic carbocycles. The van der Waals surface area contributed by atoms with Crippen LogP contribution < -0.4 is 0 Å². The number of hydrogen-bond acceptors (Lipinski definition) is 3. The molecule has 0 bridgehead atoms. The predicted molar refractivity (Wildman–Crippen MR) is 103 cm³/mol. The number of ether oxygens (including phenoxy) is 2. The van der Waals surface area contributed by atoms with Crippen molar-refractivity contribution in [1.29, 1.82) is 0 Å². The zero-order valence-electron chi connectivity index (χ0n) is 16.8. The molecule has 1 saturated heterocycles. The van der Waals surface area contributed by atoms with E-state index in [4.69, 9.17) is 9.47 Å². The van der Waals surface area contributed by atoms with Crippen LogP contribution in [0, 0.1) is 29.1 Å². The third-order valence-electron chi connectivity index (χ3n) is 8.48. The van der Waals surface area contributed by atoms with Gasteiger partial charge in [0, 0.05) is 13.0 Å². The molecule has 3 fully saturated rings. The molecular weight excluding hydrogens is 324 g/mol. The smallest absolute Gasteiger partial charge is 0.157 e. The van der Waals surface area contributed by atoms with Gasteiger partial charge in [-0.1, -0.05) is 19.4 Å². The van der Waals surface area contributed by atoms with Gasteiger partial charge in [-0.05, 0) is 93.5 Å². The maximum Gasteiger partial charge on any atom is 0.157 e. The van der Waals surface area contributed by atoms with E-state index in [1.54, 1.807) is 0 Å². The van der Waals surface area contributed by atoms with Crippen LogP contribution in [-0.4, -0.2) is 24.8 Å². The summed E-state index contributed by atoms with van der Waals surface area (Å²) in [6, 6.07) is 0. The first kappa shape index (κ1) is 18.7. The van der Waals surface area contributed by atoms with Crippen LogP contribution in [0.4, 0.5) is 0 Å². The van der Waals surface area contributed by atoms with Crippen molar-refractivity contribution in [2.24, 2.45) is 29.1 Å². The first-order chi connectivity index (χ1) is 12.5. The molecule has 0 radical (unpaired) electrons. The molecule has 26 heavy (non-hydrogen) atoms. The highest BCUT2D eigenvalue weighted by Gasteiger charge is 2.51. The van der Waals surface area contributed by atoms with E-state index < -0.39 is 0 Å². The Labute approximate surface area is 158 Å². The van der Waals surface area contributed by atoms with Crippen LogP contribution in [0.25, 0.3) is 0 Å². The Kier molecular flexibility index (Phi) is 5.31. The van der Waals surface area contributed by atoms with Crippen LogP contribution in [0.15, 0.2) is 11.6 Å². The van der Waals surface area contributed by atoms with Gasteiger partial charge in [0.05, 0.1) is 6.10 Å². The van der Waals surface area contributed by atoms with Gasteiger partial charge in [0.1, 0.15) is 0 Å². The highest BCUT2D eigenvalue weighted by atomic mass is 16.7. The Morgan fingerprint density at radius 3 is 2.77 bits per heavy atom. The molecule has 4 rings (SSSR count). The van der Waals surface area contributed by atoms with Gasteiger partial charge in [0.25, 0.3) is 0 Å². The lowest BCUT2D eigenvalue weighted by Gasteiger charge is -2.55. The second kappa shape index (κ2) is 7.39. The number of carbonyl (C=O) groups excluding carboxylic acids is 1. The summed E-state index contributed by atoms with van der Waals surface area (Å²) in [7, 11) is 0. The van der Waals surface area contributed by atoms with Gasteiger partial charge >= 0.3 is 0 Å². The molecule has 4 aliphatic rings. The Bertz CT molecular complexity index is 562. The van der Waals surface area contributed by atoms with Crippen molar-refractivity contribution in [2.75, 3.05) is 6.61 Å². The number of ketones is 1. The maximum absolute atomic E-state index is 11.8. The minimum absolute atomic E-state index is 0.00532. The van der Waals surface area contributed by atoms with Gasteiger partial charge in [-0.15, -0.1) is 0 Å². The third-order valence-corrected chi connectivity index (χ3v) is 8.48. The summed E-state index contributed by atoms with van der Waals surface area (Å²) in [5, 5.41) is 0. The summed E-state index contributed by atoms with van der Waals surface area (Å²) >= 11 is 0. The minimum Gasteiger partial charge on any atom is -0.353 e. The minimum atomic E-state index is 0.00532. The quantitative estimate of drug-likeness (QED) is 0.686. The van der Waals surface area contributed by atoms with Crippen molar-refractivity contribution < 1.29 is 14.3 Å². The SMILES string of the molecule is CC1[C@@H]2CCC3=CC(=O)CC[C@@H]3[C@H]2CC[C@]1(C)[C@H](C)OC1CCCCO1. The van der Waals surface area contributed by atoms with Gasteiger partial charge in [0.2, 0.25) is 0 Å². The van der Waals surface area contributed by atoms with Gasteiger partial charge in [-0.25, -0.2) is 0 Å². The Morgan fingerprint density at radius 2 is 2.00 bits per heavy atom. The number of hydrogen-bond donors (Lipinski definition) is 0. The molecule has 3 heteroatoms. The molecule has 0 aromatic carbocycles. The zero-order valence-corrected chi connectivity index (χ0v) is 16.8. The van der Waals surface area contributed by atoms with E-state index in [1.165, 1.54) is 37.7 Å². The van der Waals surface area contributed by atoms with E-state index in [-0.39, 0.29) is 17.8 Å². The van der Waals surface area contributed by atoms with Crippen LogP contribution in [-0.2, 0) is 14.3 Å². The summed E-state index contributed by atoms with van der Waals surface area (Å²) in [6.07, 6.45) is 12.5. The summed E-state index contributed by atoms with van der Waals surface area (Å²) in [6.45, 7) is 8.06. The van der Waals surface area contributed by atoms with Crippen LogP contribution >= 0.6 is 0 Å². The van der Waals surface area contributed by atoms with Crippen molar-refractivity contribution in [2.45, 2.75) is 91.0 Å². The average Bonchev–Trinajstić information content (AvgIpc) is 2.65. The van der Waals surface area contributed by atoms with Crippen molar-refractivity contribution in [3.63, 3.8) is 0 Å². The highest BCUT2D eigenvalue weighted by molar-refractivity contribution is 5.91. The standard InChI is InChI=1S/C23H36O3/c1-15-19-9-7-17-14-18(24)8-10-20(17)21(19)11-12-23(15,3)16(2)26-22-6-4-5-13-25-22/h14-16,19-22H,4-13H2,1-3H3/t15?,16-,19-,20-,21-,22?,23-/m0/s1. The number of rotatable bonds is 3. The lowest BCUT2D eigenvalue weighted by molar-refractivity contribution is -0.222. The molecule has 0 N–H and O–H groups in total. The zero-order chi connectivity index (χ0) is 18.3. The number of allylic oxidation sites excluding steroid dienone is 2. The molecule has 2 saturated carbocycles. The van der Waals surface area contributed by atoms with E-state index in [2.05, 4.69) is 20.8 Å². The molecule has 3 nitrogen and oxygen atoms in total. The third kappa shape index (κ3) is 3.30. The number of fused-ring (bicyclic) bond motifs is 3. The Hall–Kier alpha value is -0.670. The molecule has 1 heterocycles. The van der Waals surface area contributed by atoms with Crippen molar-refractivity contribution in [3.8, 4) is 0 Å². The lowest BCUT2D eigenvalue weighted by atomic mass is 9.51. The topological polar surface area (TPSA) is 35.5 Å². The van der Waals surface area contributed by atoms with Crippen molar-refractivity contribution in [3.05, 3.63) is 11.6 Å². The van der Waals surface area contributed by atoms with Crippen LogP contribution in [0.5, 0.6) is 0 Å².